The summed E-state index contributed by atoms with van der Waals surface area (Å²) in [5.41, 5.74) is 1.82. The van der Waals surface area contributed by atoms with Gasteiger partial charge in [0.15, 0.2) is 5.78 Å². The Kier molecular flexibility index (Phi) is 3.12. The van der Waals surface area contributed by atoms with E-state index in [1.807, 2.05) is 6.08 Å². The van der Waals surface area contributed by atoms with E-state index in [4.69, 9.17) is 0 Å². The lowest BCUT2D eigenvalue weighted by molar-refractivity contribution is -0.118. The molecule has 3 rings (SSSR count). The highest BCUT2D eigenvalue weighted by molar-refractivity contribution is 5.91. The molecule has 3 aliphatic rings. The summed E-state index contributed by atoms with van der Waals surface area (Å²) in [6, 6.07) is 0. The molecule has 19 heavy (non-hydrogen) atoms. The van der Waals surface area contributed by atoms with Crippen LogP contribution >= 0.6 is 0 Å². The third-order valence-corrected chi connectivity index (χ3v) is 6.45. The van der Waals surface area contributed by atoms with Gasteiger partial charge in [0.05, 0.1) is 0 Å². The topological polar surface area (TPSA) is 37.3 Å². The molecule has 0 aromatic rings. The number of fused-ring (bicyclic) bond motifs is 3. The first-order valence-corrected chi connectivity index (χ1v) is 7.84. The van der Waals surface area contributed by atoms with Crippen molar-refractivity contribution >= 4 is 5.78 Å². The molecule has 3 aliphatic carbocycles. The maximum atomic E-state index is 11.6. The van der Waals surface area contributed by atoms with E-state index < -0.39 is 0 Å². The monoisotopic (exact) mass is 262 g/mol. The minimum atomic E-state index is 0.0972. The Morgan fingerprint density at radius 1 is 1.26 bits per heavy atom. The molecule has 2 nitrogen and oxygen atoms in total. The highest BCUT2D eigenvalue weighted by Crippen LogP contribution is 2.62. The Morgan fingerprint density at radius 2 is 2.05 bits per heavy atom. The van der Waals surface area contributed by atoms with Gasteiger partial charge in [0.2, 0.25) is 0 Å². The standard InChI is InChI=1S/C17H26O2/c1-16(11-18)8-3-9-17(2)14-6-5-13(19)10-12(14)4-7-15(16)17/h10,14-15,18H,3-9,11H2,1-2H3/t14?,15-,16+,17+/m0/s1. The molecule has 0 heterocycles. The van der Waals surface area contributed by atoms with Crippen molar-refractivity contribution in [2.45, 2.75) is 58.8 Å². The normalized spacial score (nSPS) is 46.3. The van der Waals surface area contributed by atoms with E-state index in [1.165, 1.54) is 18.4 Å². The van der Waals surface area contributed by atoms with Gasteiger partial charge in [-0.2, -0.15) is 0 Å². The van der Waals surface area contributed by atoms with E-state index in [1.54, 1.807) is 0 Å². The molecular formula is C17H26O2. The van der Waals surface area contributed by atoms with Crippen molar-refractivity contribution in [1.82, 2.24) is 0 Å². The van der Waals surface area contributed by atoms with Crippen molar-refractivity contribution in [3.05, 3.63) is 11.6 Å². The fraction of sp³-hybridized carbons (Fsp3) is 0.824. The van der Waals surface area contributed by atoms with Gasteiger partial charge in [-0.1, -0.05) is 25.8 Å². The van der Waals surface area contributed by atoms with Gasteiger partial charge in [-0.25, -0.2) is 0 Å². The average Bonchev–Trinajstić information content (AvgIpc) is 2.38. The Bertz CT molecular complexity index is 425. The highest BCUT2D eigenvalue weighted by atomic mass is 16.3. The van der Waals surface area contributed by atoms with E-state index in [2.05, 4.69) is 13.8 Å². The molecule has 1 N–H and O–H groups in total. The van der Waals surface area contributed by atoms with E-state index in [0.717, 1.165) is 32.1 Å². The second-order valence-electron chi connectivity index (χ2n) is 7.54. The van der Waals surface area contributed by atoms with E-state index >= 15 is 0 Å². The lowest BCUT2D eigenvalue weighted by Crippen LogP contribution is -2.52. The van der Waals surface area contributed by atoms with E-state index in [-0.39, 0.29) is 5.41 Å². The molecular weight excluding hydrogens is 236 g/mol. The van der Waals surface area contributed by atoms with Gasteiger partial charge in [-0.3, -0.25) is 4.79 Å². The maximum Gasteiger partial charge on any atom is 0.155 e. The lowest BCUT2D eigenvalue weighted by Gasteiger charge is -2.59. The first-order chi connectivity index (χ1) is 8.99. The minimum Gasteiger partial charge on any atom is -0.396 e. The number of hydrogen-bond donors (Lipinski definition) is 1. The molecule has 2 saturated carbocycles. The number of aliphatic hydroxyl groups excluding tert-OH is 1. The molecule has 0 amide bonds. The third kappa shape index (κ3) is 1.91. The number of rotatable bonds is 1. The molecule has 1 unspecified atom stereocenters. The summed E-state index contributed by atoms with van der Waals surface area (Å²) < 4.78 is 0. The van der Waals surface area contributed by atoms with Crippen LogP contribution in [0.5, 0.6) is 0 Å². The quantitative estimate of drug-likeness (QED) is 0.785. The Morgan fingerprint density at radius 3 is 2.79 bits per heavy atom. The molecule has 106 valence electrons. The fourth-order valence-electron chi connectivity index (χ4n) is 5.46. The van der Waals surface area contributed by atoms with Crippen LogP contribution in [0.4, 0.5) is 0 Å². The summed E-state index contributed by atoms with van der Waals surface area (Å²) in [6.45, 7) is 5.02. The van der Waals surface area contributed by atoms with Crippen molar-refractivity contribution in [3.8, 4) is 0 Å². The zero-order chi connectivity index (χ0) is 13.7. The Labute approximate surface area is 116 Å². The largest absolute Gasteiger partial charge is 0.396 e. The van der Waals surface area contributed by atoms with Gasteiger partial charge >= 0.3 is 0 Å². The third-order valence-electron chi connectivity index (χ3n) is 6.45. The molecule has 0 aliphatic heterocycles. The van der Waals surface area contributed by atoms with Crippen LogP contribution in [0.25, 0.3) is 0 Å². The molecule has 0 bridgehead atoms. The number of aliphatic hydroxyl groups is 1. The first kappa shape index (κ1) is 13.4. The maximum absolute atomic E-state index is 11.6. The van der Waals surface area contributed by atoms with Crippen LogP contribution in [-0.4, -0.2) is 17.5 Å². The summed E-state index contributed by atoms with van der Waals surface area (Å²) in [4.78, 5) is 11.6. The molecule has 0 radical (unpaired) electrons. The van der Waals surface area contributed by atoms with Crippen molar-refractivity contribution in [3.63, 3.8) is 0 Å². The van der Waals surface area contributed by atoms with Crippen molar-refractivity contribution in [1.29, 1.82) is 0 Å². The van der Waals surface area contributed by atoms with Crippen molar-refractivity contribution in [2.75, 3.05) is 6.61 Å². The lowest BCUT2D eigenvalue weighted by atomic mass is 9.46. The fourth-order valence-corrected chi connectivity index (χ4v) is 5.46. The zero-order valence-electron chi connectivity index (χ0n) is 12.2. The summed E-state index contributed by atoms with van der Waals surface area (Å²) in [5, 5.41) is 9.87. The van der Waals surface area contributed by atoms with Gasteiger partial charge in [0, 0.05) is 13.0 Å². The van der Waals surface area contributed by atoms with E-state index in [0.29, 0.717) is 29.6 Å². The predicted octanol–water partition coefficient (Wildman–Crippen LogP) is 3.49. The van der Waals surface area contributed by atoms with Gasteiger partial charge in [0.25, 0.3) is 0 Å². The van der Waals surface area contributed by atoms with Crippen LogP contribution in [-0.2, 0) is 4.79 Å². The van der Waals surface area contributed by atoms with Gasteiger partial charge in [0.1, 0.15) is 0 Å². The van der Waals surface area contributed by atoms with Crippen LogP contribution in [0.1, 0.15) is 58.8 Å². The molecule has 0 spiro atoms. The minimum absolute atomic E-state index is 0.0972. The predicted molar refractivity (Wildman–Crippen MR) is 75.7 cm³/mol. The summed E-state index contributed by atoms with van der Waals surface area (Å²) in [6.07, 6.45) is 9.60. The second kappa shape index (κ2) is 4.44. The van der Waals surface area contributed by atoms with Crippen LogP contribution in [0, 0.1) is 22.7 Å². The van der Waals surface area contributed by atoms with Gasteiger partial charge < -0.3 is 5.11 Å². The van der Waals surface area contributed by atoms with Crippen LogP contribution in [0.2, 0.25) is 0 Å². The smallest absolute Gasteiger partial charge is 0.155 e. The number of carbonyl (C=O) groups excluding carboxylic acids is 1. The van der Waals surface area contributed by atoms with Crippen LogP contribution in [0.15, 0.2) is 11.6 Å². The number of ketones is 1. The zero-order valence-corrected chi connectivity index (χ0v) is 12.2. The van der Waals surface area contributed by atoms with Crippen LogP contribution in [0.3, 0.4) is 0 Å². The SMILES string of the molecule is C[C@]1(CO)CCC[C@]2(C)C3CCC(=O)C=C3CC[C@@H]12. The molecule has 2 fully saturated rings. The molecule has 0 saturated heterocycles. The van der Waals surface area contributed by atoms with Crippen LogP contribution < -0.4 is 0 Å². The second-order valence-corrected chi connectivity index (χ2v) is 7.54. The molecule has 2 heteroatoms. The van der Waals surface area contributed by atoms with E-state index in [9.17, 15) is 9.90 Å². The molecule has 0 aromatic heterocycles. The number of hydrogen-bond acceptors (Lipinski definition) is 2. The van der Waals surface area contributed by atoms with Crippen molar-refractivity contribution < 1.29 is 9.90 Å². The summed E-state index contributed by atoms with van der Waals surface area (Å²) in [7, 11) is 0. The Balaban J connectivity index is 1.97. The van der Waals surface area contributed by atoms with Gasteiger partial charge in [-0.05, 0) is 60.8 Å². The average molecular weight is 262 g/mol. The summed E-state index contributed by atoms with van der Waals surface area (Å²) in [5.74, 6) is 1.54. The molecule has 4 atom stereocenters. The Hall–Kier alpha value is -0.630. The van der Waals surface area contributed by atoms with Gasteiger partial charge in [-0.15, -0.1) is 0 Å². The highest BCUT2D eigenvalue weighted by Gasteiger charge is 2.54. The number of allylic oxidation sites excluding steroid dienone is 2. The molecule has 0 aromatic carbocycles. The summed E-state index contributed by atoms with van der Waals surface area (Å²) >= 11 is 0. The number of carbonyl (C=O) groups is 1. The van der Waals surface area contributed by atoms with Crippen molar-refractivity contribution in [2.24, 2.45) is 22.7 Å². The first-order valence-electron chi connectivity index (χ1n) is 7.84.